The lowest BCUT2D eigenvalue weighted by Gasteiger charge is -2.28. The quantitative estimate of drug-likeness (QED) is 0.708. The minimum absolute atomic E-state index is 0.0812. The summed E-state index contributed by atoms with van der Waals surface area (Å²) in [5, 5.41) is -0.214. The van der Waals surface area contributed by atoms with Crippen LogP contribution in [0.1, 0.15) is 21.7 Å². The number of rotatable bonds is 1. The fraction of sp³-hybridized carbons (Fsp3) is 0.286. The number of carbonyl (C=O) groups is 1. The average molecular weight is 399 g/mol. The molecule has 4 nitrogen and oxygen atoms in total. The maximum atomic E-state index is 12.9. The summed E-state index contributed by atoms with van der Waals surface area (Å²) in [6.45, 7) is 0.679. The highest BCUT2D eigenvalue weighted by Gasteiger charge is 2.35. The number of alkyl halides is 3. The van der Waals surface area contributed by atoms with E-state index in [0.29, 0.717) is 12.4 Å². The first-order valence-corrected chi connectivity index (χ1v) is 7.89. The van der Waals surface area contributed by atoms with E-state index < -0.39 is 22.7 Å². The van der Waals surface area contributed by atoms with Gasteiger partial charge in [0.15, 0.2) is 5.15 Å². The van der Waals surface area contributed by atoms with Crippen LogP contribution in [0.15, 0.2) is 18.2 Å². The molecule has 3 rings (SSSR count). The van der Waals surface area contributed by atoms with Crippen LogP contribution in [-0.4, -0.2) is 26.9 Å². The Labute approximate surface area is 149 Å². The van der Waals surface area contributed by atoms with E-state index in [0.717, 1.165) is 12.1 Å². The van der Waals surface area contributed by atoms with Gasteiger partial charge in [0.1, 0.15) is 11.0 Å². The van der Waals surface area contributed by atoms with Crippen LogP contribution in [-0.2, 0) is 19.3 Å². The molecule has 128 valence electrons. The molecule has 0 fully saturated rings. The van der Waals surface area contributed by atoms with Gasteiger partial charge in [0.25, 0.3) is 5.91 Å². The molecular weight excluding hydrogens is 390 g/mol. The molecule has 0 saturated carbocycles. The van der Waals surface area contributed by atoms with Gasteiger partial charge >= 0.3 is 6.18 Å². The third kappa shape index (κ3) is 2.96. The molecule has 0 saturated heterocycles. The van der Waals surface area contributed by atoms with Crippen molar-refractivity contribution in [3.05, 3.63) is 50.5 Å². The molecule has 0 aliphatic carbocycles. The van der Waals surface area contributed by atoms with E-state index in [1.165, 1.54) is 11.0 Å². The number of hydrogen-bond acceptors (Lipinski definition) is 2. The van der Waals surface area contributed by atoms with Crippen LogP contribution in [0.25, 0.3) is 0 Å². The molecule has 24 heavy (non-hydrogen) atoms. The van der Waals surface area contributed by atoms with Crippen molar-refractivity contribution < 1.29 is 18.0 Å². The Hall–Kier alpha value is -1.44. The number of benzene rings is 1. The third-order valence-corrected chi connectivity index (χ3v) is 4.84. The van der Waals surface area contributed by atoms with Crippen molar-refractivity contribution in [1.82, 2.24) is 14.5 Å². The lowest BCUT2D eigenvalue weighted by Crippen LogP contribution is -2.38. The van der Waals surface area contributed by atoms with E-state index in [2.05, 4.69) is 4.98 Å². The number of fused-ring (bicyclic) bond motifs is 1. The van der Waals surface area contributed by atoms with Crippen LogP contribution >= 0.6 is 34.8 Å². The second-order valence-electron chi connectivity index (χ2n) is 5.15. The zero-order chi connectivity index (χ0) is 17.6. The molecule has 1 aliphatic rings. The fourth-order valence-electron chi connectivity index (χ4n) is 2.52. The molecule has 2 aromatic rings. The summed E-state index contributed by atoms with van der Waals surface area (Å²) in [6.07, 6.45) is -4.63. The molecule has 10 heteroatoms. The van der Waals surface area contributed by atoms with Crippen LogP contribution in [0.3, 0.4) is 0 Å². The van der Waals surface area contributed by atoms with Gasteiger partial charge in [0.05, 0.1) is 22.7 Å². The summed E-state index contributed by atoms with van der Waals surface area (Å²) in [7, 11) is 0. The van der Waals surface area contributed by atoms with Crippen molar-refractivity contribution >= 4 is 40.7 Å². The number of imidazole rings is 1. The van der Waals surface area contributed by atoms with Gasteiger partial charge in [-0.15, -0.1) is 0 Å². The summed E-state index contributed by atoms with van der Waals surface area (Å²) in [5.74, 6) is -0.139. The Balaban J connectivity index is 1.91. The lowest BCUT2D eigenvalue weighted by molar-refractivity contribution is -0.137. The SMILES string of the molecule is O=C(c1cccc(C(F)(F)F)c1Cl)N1CCn2c(nc(Cl)c2Cl)C1. The number of carbonyl (C=O) groups excluding carboxylic acids is 1. The zero-order valence-electron chi connectivity index (χ0n) is 11.9. The van der Waals surface area contributed by atoms with E-state index >= 15 is 0 Å². The minimum Gasteiger partial charge on any atom is -0.329 e. The summed E-state index contributed by atoms with van der Waals surface area (Å²) >= 11 is 17.6. The van der Waals surface area contributed by atoms with E-state index in [1.807, 2.05) is 0 Å². The topological polar surface area (TPSA) is 38.1 Å². The van der Waals surface area contributed by atoms with E-state index in [4.69, 9.17) is 34.8 Å². The molecule has 0 radical (unpaired) electrons. The average Bonchev–Trinajstić information content (AvgIpc) is 2.80. The highest BCUT2D eigenvalue weighted by atomic mass is 35.5. The van der Waals surface area contributed by atoms with Gasteiger partial charge < -0.3 is 9.47 Å². The fourth-order valence-corrected chi connectivity index (χ4v) is 3.26. The van der Waals surface area contributed by atoms with Crippen molar-refractivity contribution in [2.45, 2.75) is 19.3 Å². The molecular formula is C14H9Cl3F3N3O. The molecule has 0 unspecified atom stereocenters. The monoisotopic (exact) mass is 397 g/mol. The van der Waals surface area contributed by atoms with Gasteiger partial charge in [-0.05, 0) is 12.1 Å². The highest BCUT2D eigenvalue weighted by Crippen LogP contribution is 2.37. The Morgan fingerprint density at radius 1 is 1.17 bits per heavy atom. The molecule has 1 amide bonds. The first kappa shape index (κ1) is 17.4. The van der Waals surface area contributed by atoms with E-state index in [-0.39, 0.29) is 29.0 Å². The van der Waals surface area contributed by atoms with Gasteiger partial charge in [-0.1, -0.05) is 40.9 Å². The van der Waals surface area contributed by atoms with Crippen LogP contribution in [0.4, 0.5) is 13.2 Å². The summed E-state index contributed by atoms with van der Waals surface area (Å²) in [5.41, 5.74) is -1.25. The van der Waals surface area contributed by atoms with Gasteiger partial charge in [-0.3, -0.25) is 4.79 Å². The maximum Gasteiger partial charge on any atom is 0.417 e. The van der Waals surface area contributed by atoms with Gasteiger partial charge in [0, 0.05) is 13.1 Å². The molecule has 1 aliphatic heterocycles. The maximum absolute atomic E-state index is 12.9. The molecule has 2 heterocycles. The number of amides is 1. The Morgan fingerprint density at radius 2 is 1.88 bits per heavy atom. The molecule has 1 aromatic heterocycles. The lowest BCUT2D eigenvalue weighted by atomic mass is 10.1. The largest absolute Gasteiger partial charge is 0.417 e. The first-order chi connectivity index (χ1) is 11.2. The van der Waals surface area contributed by atoms with E-state index in [1.54, 1.807) is 4.57 Å². The van der Waals surface area contributed by atoms with Crippen molar-refractivity contribution in [2.75, 3.05) is 6.54 Å². The number of hydrogen-bond donors (Lipinski definition) is 0. The molecule has 0 atom stereocenters. The highest BCUT2D eigenvalue weighted by molar-refractivity contribution is 6.40. The van der Waals surface area contributed by atoms with Crippen molar-refractivity contribution in [2.24, 2.45) is 0 Å². The van der Waals surface area contributed by atoms with Crippen molar-refractivity contribution in [1.29, 1.82) is 0 Å². The van der Waals surface area contributed by atoms with Gasteiger partial charge in [-0.25, -0.2) is 4.98 Å². The van der Waals surface area contributed by atoms with Gasteiger partial charge in [0.2, 0.25) is 0 Å². The summed E-state index contributed by atoms with van der Waals surface area (Å²) in [6, 6.07) is 3.25. The van der Waals surface area contributed by atoms with E-state index in [9.17, 15) is 18.0 Å². The second kappa shape index (κ2) is 6.13. The molecule has 0 N–H and O–H groups in total. The standard InChI is InChI=1S/C14H9Cl3F3N3O/c15-10-7(2-1-3-8(10)14(18,19)20)13(24)22-4-5-23-9(6-22)21-11(16)12(23)17/h1-3H,4-6H2. The minimum atomic E-state index is -4.63. The number of aromatic nitrogens is 2. The van der Waals surface area contributed by atoms with Crippen LogP contribution in [0, 0.1) is 0 Å². The Bertz CT molecular complexity index is 820. The smallest absolute Gasteiger partial charge is 0.329 e. The predicted molar refractivity (Wildman–Crippen MR) is 83.4 cm³/mol. The zero-order valence-corrected chi connectivity index (χ0v) is 14.1. The summed E-state index contributed by atoms with van der Waals surface area (Å²) < 4.78 is 40.4. The Morgan fingerprint density at radius 3 is 2.54 bits per heavy atom. The summed E-state index contributed by atoms with van der Waals surface area (Å²) in [4.78, 5) is 18.0. The van der Waals surface area contributed by atoms with Crippen LogP contribution < -0.4 is 0 Å². The number of halogens is 6. The Kier molecular flexibility index (Phi) is 4.44. The third-order valence-electron chi connectivity index (χ3n) is 3.69. The van der Waals surface area contributed by atoms with Crippen molar-refractivity contribution in [3.63, 3.8) is 0 Å². The molecule has 0 bridgehead atoms. The predicted octanol–water partition coefficient (Wildman–Crippen LogP) is 4.52. The molecule has 1 aromatic carbocycles. The molecule has 0 spiro atoms. The number of nitrogens with zero attached hydrogens (tertiary/aromatic N) is 3. The van der Waals surface area contributed by atoms with Crippen molar-refractivity contribution in [3.8, 4) is 0 Å². The first-order valence-electron chi connectivity index (χ1n) is 6.75. The second-order valence-corrected chi connectivity index (χ2v) is 6.25. The van der Waals surface area contributed by atoms with Gasteiger partial charge in [-0.2, -0.15) is 13.2 Å². The van der Waals surface area contributed by atoms with Crippen LogP contribution in [0.5, 0.6) is 0 Å². The van der Waals surface area contributed by atoms with Crippen LogP contribution in [0.2, 0.25) is 15.3 Å². The normalized spacial score (nSPS) is 14.7.